The van der Waals surface area contributed by atoms with E-state index in [-0.39, 0.29) is 36.5 Å². The second-order valence-corrected chi connectivity index (χ2v) is 11.1. The molecular weight excluding hydrogens is 512 g/mol. The number of hydrogen-bond acceptors (Lipinski definition) is 5. The maximum Gasteiger partial charge on any atom is 0.407 e. The molecule has 1 saturated heterocycles. The first-order valence-electron chi connectivity index (χ1n) is 14.2. The maximum absolute atomic E-state index is 14.0. The lowest BCUT2D eigenvalue weighted by Crippen LogP contribution is -2.58. The van der Waals surface area contributed by atoms with Gasteiger partial charge in [0.2, 0.25) is 17.7 Å². The van der Waals surface area contributed by atoms with Crippen molar-refractivity contribution in [3.63, 3.8) is 0 Å². The normalized spacial score (nSPS) is 23.9. The quantitative estimate of drug-likeness (QED) is 0.404. The van der Waals surface area contributed by atoms with E-state index in [0.29, 0.717) is 25.8 Å². The van der Waals surface area contributed by atoms with Gasteiger partial charge >= 0.3 is 6.09 Å². The zero-order valence-corrected chi connectivity index (χ0v) is 23.3. The SMILES string of the molecule is C#CCO[C@@H]1Cc2ccccc2[C@@H]1NC(=O)[C@@H]1CCCN1C(=O)[C@@H](NC(=O)[C@H](C)N(C)C(=O)O)C1CCCCC1. The predicted molar refractivity (Wildman–Crippen MR) is 148 cm³/mol. The van der Waals surface area contributed by atoms with E-state index >= 15 is 0 Å². The highest BCUT2D eigenvalue weighted by Crippen LogP contribution is 2.34. The highest BCUT2D eigenvalue weighted by atomic mass is 16.5. The Bertz CT molecular complexity index is 1140. The molecule has 1 aromatic carbocycles. The maximum atomic E-state index is 14.0. The lowest BCUT2D eigenvalue weighted by atomic mass is 9.83. The van der Waals surface area contributed by atoms with Crippen molar-refractivity contribution in [1.82, 2.24) is 20.4 Å². The Morgan fingerprint density at radius 2 is 1.88 bits per heavy atom. The summed E-state index contributed by atoms with van der Waals surface area (Å²) in [6.07, 6.45) is 10.3. The molecule has 4 amide bonds. The number of carbonyl (C=O) groups excluding carboxylic acids is 3. The second-order valence-electron chi connectivity index (χ2n) is 11.1. The number of ether oxygens (including phenoxy) is 1. The highest BCUT2D eigenvalue weighted by molar-refractivity contribution is 5.94. The van der Waals surface area contributed by atoms with Gasteiger partial charge in [0.05, 0.1) is 12.1 Å². The Kier molecular flexibility index (Phi) is 9.69. The van der Waals surface area contributed by atoms with Crippen molar-refractivity contribution >= 4 is 23.8 Å². The Balaban J connectivity index is 1.51. The zero-order valence-electron chi connectivity index (χ0n) is 23.3. The van der Waals surface area contributed by atoms with Crippen LogP contribution < -0.4 is 10.6 Å². The summed E-state index contributed by atoms with van der Waals surface area (Å²) in [7, 11) is 1.33. The van der Waals surface area contributed by atoms with Crippen molar-refractivity contribution in [3.8, 4) is 12.3 Å². The minimum atomic E-state index is -1.22. The van der Waals surface area contributed by atoms with Crippen LogP contribution in [0.3, 0.4) is 0 Å². The van der Waals surface area contributed by atoms with Gasteiger partial charge in [-0.05, 0) is 49.7 Å². The number of benzene rings is 1. The standard InChI is InChI=1S/C30H40N4O6/c1-4-17-40-24-18-21-13-8-9-14-22(21)26(24)32-28(36)23-15-10-16-34(23)29(37)25(20-11-6-5-7-12-20)31-27(35)19(2)33(3)30(38)39/h1,8-9,13-14,19-20,23-26H,5-7,10-12,15-18H2,2-3H3,(H,31,35)(H,32,36)(H,38,39)/t19-,23-,24+,25-,26-/m0/s1. The molecule has 1 aliphatic heterocycles. The fraction of sp³-hybridized carbons (Fsp3) is 0.600. The molecule has 4 rings (SSSR count). The number of likely N-dealkylation sites (tertiary alicyclic amines) is 1. The van der Waals surface area contributed by atoms with E-state index in [4.69, 9.17) is 11.2 Å². The van der Waals surface area contributed by atoms with Crippen LogP contribution in [0.15, 0.2) is 24.3 Å². The lowest BCUT2D eigenvalue weighted by molar-refractivity contribution is -0.144. The van der Waals surface area contributed by atoms with Crippen LogP contribution in [-0.2, 0) is 25.5 Å². The molecule has 1 saturated carbocycles. The van der Waals surface area contributed by atoms with Crippen molar-refractivity contribution in [2.24, 2.45) is 5.92 Å². The van der Waals surface area contributed by atoms with Gasteiger partial charge in [0, 0.05) is 20.0 Å². The Labute approximate surface area is 235 Å². The van der Waals surface area contributed by atoms with Crippen molar-refractivity contribution < 1.29 is 29.0 Å². The molecule has 216 valence electrons. The monoisotopic (exact) mass is 552 g/mol. The summed E-state index contributed by atoms with van der Waals surface area (Å²) in [4.78, 5) is 54.7. The predicted octanol–water partition coefficient (Wildman–Crippen LogP) is 2.47. The lowest BCUT2D eigenvalue weighted by Gasteiger charge is -2.36. The van der Waals surface area contributed by atoms with Crippen molar-refractivity contribution in [2.45, 2.75) is 88.6 Å². The molecule has 0 unspecified atom stereocenters. The van der Waals surface area contributed by atoms with Gasteiger partial charge in [0.15, 0.2) is 0 Å². The molecule has 1 heterocycles. The van der Waals surface area contributed by atoms with Crippen molar-refractivity contribution in [2.75, 3.05) is 20.2 Å². The fourth-order valence-corrected chi connectivity index (χ4v) is 6.23. The number of terminal acetylenes is 1. The molecule has 40 heavy (non-hydrogen) atoms. The number of likely N-dealkylation sites (N-methyl/N-ethyl adjacent to an activating group) is 1. The third kappa shape index (κ3) is 6.41. The largest absolute Gasteiger partial charge is 0.465 e. The summed E-state index contributed by atoms with van der Waals surface area (Å²) >= 11 is 0. The van der Waals surface area contributed by atoms with E-state index in [0.717, 1.165) is 48.1 Å². The molecule has 0 spiro atoms. The van der Waals surface area contributed by atoms with Gasteiger partial charge in [-0.15, -0.1) is 6.42 Å². The number of rotatable bonds is 9. The Morgan fingerprint density at radius 1 is 1.15 bits per heavy atom. The topological polar surface area (TPSA) is 128 Å². The van der Waals surface area contributed by atoms with E-state index < -0.39 is 30.1 Å². The molecule has 10 heteroatoms. The molecule has 3 N–H and O–H groups in total. The fourth-order valence-electron chi connectivity index (χ4n) is 6.23. The minimum Gasteiger partial charge on any atom is -0.465 e. The van der Waals surface area contributed by atoms with E-state index in [2.05, 4.69) is 16.6 Å². The molecule has 5 atom stereocenters. The number of carboxylic acid groups (broad SMARTS) is 1. The summed E-state index contributed by atoms with van der Waals surface area (Å²) in [5, 5.41) is 15.3. The molecule has 10 nitrogen and oxygen atoms in total. The smallest absolute Gasteiger partial charge is 0.407 e. The molecule has 0 aromatic heterocycles. The van der Waals surface area contributed by atoms with Crippen molar-refractivity contribution in [1.29, 1.82) is 0 Å². The Morgan fingerprint density at radius 3 is 2.58 bits per heavy atom. The highest BCUT2D eigenvalue weighted by Gasteiger charge is 2.43. The summed E-state index contributed by atoms with van der Waals surface area (Å²) < 4.78 is 5.88. The van der Waals surface area contributed by atoms with E-state index in [9.17, 15) is 24.3 Å². The molecule has 2 aliphatic carbocycles. The van der Waals surface area contributed by atoms with Gasteiger partial charge in [0.1, 0.15) is 24.7 Å². The van der Waals surface area contributed by atoms with Gasteiger partial charge in [-0.3, -0.25) is 19.3 Å². The van der Waals surface area contributed by atoms with E-state index in [1.54, 1.807) is 4.90 Å². The average molecular weight is 553 g/mol. The first-order chi connectivity index (χ1) is 19.2. The van der Waals surface area contributed by atoms with Gasteiger partial charge < -0.3 is 25.4 Å². The molecule has 2 fully saturated rings. The summed E-state index contributed by atoms with van der Waals surface area (Å²) in [5.41, 5.74) is 2.08. The number of fused-ring (bicyclic) bond motifs is 1. The molecule has 3 aliphatic rings. The zero-order chi connectivity index (χ0) is 28.8. The molecule has 0 radical (unpaired) electrons. The number of hydrogen-bond donors (Lipinski definition) is 3. The van der Waals surface area contributed by atoms with Crippen LogP contribution in [0.1, 0.15) is 69.0 Å². The van der Waals surface area contributed by atoms with Gasteiger partial charge in [-0.25, -0.2) is 4.79 Å². The van der Waals surface area contributed by atoms with Gasteiger partial charge in [-0.1, -0.05) is 49.4 Å². The molecular formula is C30H40N4O6. The number of carbonyl (C=O) groups is 4. The van der Waals surface area contributed by atoms with Crippen molar-refractivity contribution in [3.05, 3.63) is 35.4 Å². The second kappa shape index (κ2) is 13.2. The number of nitrogens with zero attached hydrogens (tertiary/aromatic N) is 2. The number of nitrogens with one attached hydrogen (secondary N) is 2. The van der Waals surface area contributed by atoms with Crippen LogP contribution in [0, 0.1) is 18.3 Å². The van der Waals surface area contributed by atoms with E-state index in [1.807, 2.05) is 24.3 Å². The average Bonchev–Trinajstić information content (AvgIpc) is 3.59. The van der Waals surface area contributed by atoms with Gasteiger partial charge in [0.25, 0.3) is 0 Å². The van der Waals surface area contributed by atoms with Crippen LogP contribution >= 0.6 is 0 Å². The molecule has 0 bridgehead atoms. The Hall–Kier alpha value is -3.58. The first kappa shape index (κ1) is 29.4. The van der Waals surface area contributed by atoms with Crippen LogP contribution in [-0.4, -0.2) is 83.1 Å². The van der Waals surface area contributed by atoms with Crippen LogP contribution in [0.4, 0.5) is 4.79 Å². The molecule has 1 aromatic rings. The minimum absolute atomic E-state index is 0.0694. The summed E-state index contributed by atoms with van der Waals surface area (Å²) in [6, 6.07) is 5.04. The van der Waals surface area contributed by atoms with Crippen LogP contribution in [0.25, 0.3) is 0 Å². The first-order valence-corrected chi connectivity index (χ1v) is 14.2. The summed E-state index contributed by atoms with van der Waals surface area (Å²) in [5.74, 6) is 1.36. The van der Waals surface area contributed by atoms with Gasteiger partial charge in [-0.2, -0.15) is 0 Å². The summed E-state index contributed by atoms with van der Waals surface area (Å²) in [6.45, 7) is 2.05. The third-order valence-corrected chi connectivity index (χ3v) is 8.65. The third-order valence-electron chi connectivity index (χ3n) is 8.65. The number of amides is 4. The van der Waals surface area contributed by atoms with Crippen LogP contribution in [0.2, 0.25) is 0 Å². The van der Waals surface area contributed by atoms with Crippen LogP contribution in [0.5, 0.6) is 0 Å². The van der Waals surface area contributed by atoms with E-state index in [1.165, 1.54) is 14.0 Å².